The molecule has 6 rings (SSSR count). The van der Waals surface area contributed by atoms with Gasteiger partial charge in [-0.15, -0.1) is 0 Å². The lowest BCUT2D eigenvalue weighted by molar-refractivity contribution is -0.127. The van der Waals surface area contributed by atoms with E-state index in [1.165, 1.54) is 10.6 Å². The van der Waals surface area contributed by atoms with E-state index in [-0.39, 0.29) is 35.4 Å². The van der Waals surface area contributed by atoms with Crippen LogP contribution >= 0.6 is 11.6 Å². The minimum absolute atomic E-state index is 0.0375. The zero-order valence-corrected chi connectivity index (χ0v) is 21.4. The number of benzene rings is 2. The standard InChI is InChI=1S/C28H23ClFN5O3/c1-31-25-21-12-22(30)27(38-14-15-9-20(36)10-15)32-26(21)35(19-6-4-18(29)5-7-19)28(37)24(25)16-3-8-23-17(11-16)13-34(2)33-23/h3-8,11-13,15,31H,9-10,14H2,1-2H3. The summed E-state index contributed by atoms with van der Waals surface area (Å²) in [5.74, 6) is -0.673. The van der Waals surface area contributed by atoms with E-state index in [1.807, 2.05) is 31.4 Å². The van der Waals surface area contributed by atoms with Crippen molar-refractivity contribution in [3.8, 4) is 22.7 Å². The van der Waals surface area contributed by atoms with Crippen molar-refractivity contribution in [1.29, 1.82) is 0 Å². The average molecular weight is 532 g/mol. The number of halogens is 2. The van der Waals surface area contributed by atoms with Gasteiger partial charge in [-0.3, -0.25) is 18.8 Å². The van der Waals surface area contributed by atoms with Crippen LogP contribution < -0.4 is 15.6 Å². The molecule has 5 aromatic rings. The molecule has 0 radical (unpaired) electrons. The first-order valence-corrected chi connectivity index (χ1v) is 12.5. The first-order valence-electron chi connectivity index (χ1n) is 12.1. The van der Waals surface area contributed by atoms with E-state index in [4.69, 9.17) is 16.3 Å². The molecule has 38 heavy (non-hydrogen) atoms. The van der Waals surface area contributed by atoms with Crippen LogP contribution in [-0.4, -0.2) is 38.8 Å². The Morgan fingerprint density at radius 3 is 2.61 bits per heavy atom. The Morgan fingerprint density at radius 1 is 1.13 bits per heavy atom. The van der Waals surface area contributed by atoms with Crippen LogP contribution in [0.25, 0.3) is 38.8 Å². The summed E-state index contributed by atoms with van der Waals surface area (Å²) in [6.07, 6.45) is 2.70. The number of ketones is 1. The molecule has 0 bridgehead atoms. The van der Waals surface area contributed by atoms with E-state index in [0.717, 1.165) is 10.9 Å². The zero-order chi connectivity index (χ0) is 26.6. The molecule has 10 heteroatoms. The molecule has 1 fully saturated rings. The van der Waals surface area contributed by atoms with Crippen LogP contribution in [0.2, 0.25) is 5.02 Å². The first kappa shape index (κ1) is 24.1. The minimum Gasteiger partial charge on any atom is -0.475 e. The minimum atomic E-state index is -0.658. The van der Waals surface area contributed by atoms with Gasteiger partial charge < -0.3 is 10.1 Å². The van der Waals surface area contributed by atoms with Gasteiger partial charge in [0.05, 0.1) is 29.1 Å². The molecule has 1 aliphatic rings. The summed E-state index contributed by atoms with van der Waals surface area (Å²) in [7, 11) is 3.52. The summed E-state index contributed by atoms with van der Waals surface area (Å²) in [5.41, 5.74) is 2.66. The lowest BCUT2D eigenvalue weighted by Gasteiger charge is -2.24. The predicted molar refractivity (Wildman–Crippen MR) is 145 cm³/mol. The van der Waals surface area contributed by atoms with Gasteiger partial charge >= 0.3 is 0 Å². The zero-order valence-electron chi connectivity index (χ0n) is 20.7. The maximum absolute atomic E-state index is 15.3. The number of ether oxygens (including phenoxy) is 1. The van der Waals surface area contributed by atoms with Gasteiger partial charge in [0, 0.05) is 54.8 Å². The van der Waals surface area contributed by atoms with Crippen molar-refractivity contribution in [1.82, 2.24) is 19.3 Å². The Hall–Kier alpha value is -4.24. The molecular formula is C28H23ClFN5O3. The molecule has 3 aromatic heterocycles. The van der Waals surface area contributed by atoms with Gasteiger partial charge in [-0.05, 0) is 48.0 Å². The number of aryl methyl sites for hydroxylation is 1. The number of fused-ring (bicyclic) bond motifs is 2. The summed E-state index contributed by atoms with van der Waals surface area (Å²) in [5, 5.41) is 9.30. The van der Waals surface area contributed by atoms with Gasteiger partial charge in [-0.25, -0.2) is 4.39 Å². The fourth-order valence-electron chi connectivity index (χ4n) is 4.93. The Bertz CT molecular complexity index is 1790. The van der Waals surface area contributed by atoms with Crippen LogP contribution in [0.5, 0.6) is 5.88 Å². The maximum atomic E-state index is 15.3. The van der Waals surface area contributed by atoms with Crippen molar-refractivity contribution in [2.24, 2.45) is 13.0 Å². The van der Waals surface area contributed by atoms with Crippen LogP contribution in [0.4, 0.5) is 10.1 Å². The van der Waals surface area contributed by atoms with Crippen LogP contribution in [0.15, 0.2) is 59.5 Å². The number of carbonyl (C=O) groups is 1. The van der Waals surface area contributed by atoms with Gasteiger partial charge in [0.15, 0.2) is 11.5 Å². The van der Waals surface area contributed by atoms with Crippen molar-refractivity contribution in [2.75, 3.05) is 19.0 Å². The smallest absolute Gasteiger partial charge is 0.266 e. The Kier molecular flexibility index (Phi) is 5.87. The Labute approximate surface area is 221 Å². The predicted octanol–water partition coefficient (Wildman–Crippen LogP) is 5.13. The van der Waals surface area contributed by atoms with Crippen molar-refractivity contribution in [2.45, 2.75) is 12.8 Å². The topological polar surface area (TPSA) is 91.0 Å². The number of pyridine rings is 2. The van der Waals surface area contributed by atoms with Gasteiger partial charge in [-0.1, -0.05) is 17.7 Å². The number of nitrogens with zero attached hydrogens (tertiary/aromatic N) is 4. The van der Waals surface area contributed by atoms with Crippen molar-refractivity contribution in [3.63, 3.8) is 0 Å². The highest BCUT2D eigenvalue weighted by atomic mass is 35.5. The molecule has 1 saturated carbocycles. The van der Waals surface area contributed by atoms with Crippen molar-refractivity contribution in [3.05, 3.63) is 75.9 Å². The van der Waals surface area contributed by atoms with Crippen LogP contribution in [0, 0.1) is 11.7 Å². The van der Waals surface area contributed by atoms with Crippen LogP contribution in [-0.2, 0) is 11.8 Å². The number of hydrogen-bond donors (Lipinski definition) is 1. The number of aromatic nitrogens is 4. The molecule has 2 aromatic carbocycles. The molecule has 0 unspecified atom stereocenters. The first-order chi connectivity index (χ1) is 18.3. The van der Waals surface area contributed by atoms with Gasteiger partial charge in [-0.2, -0.15) is 10.1 Å². The molecule has 0 aliphatic heterocycles. The molecule has 1 N–H and O–H groups in total. The second kappa shape index (κ2) is 9.25. The molecule has 1 aliphatic carbocycles. The Balaban J connectivity index is 1.60. The normalized spacial score (nSPS) is 13.7. The van der Waals surface area contributed by atoms with E-state index in [2.05, 4.69) is 15.4 Å². The molecule has 192 valence electrons. The highest BCUT2D eigenvalue weighted by Gasteiger charge is 2.28. The number of hydrogen-bond acceptors (Lipinski definition) is 6. The van der Waals surface area contributed by atoms with Crippen molar-refractivity contribution < 1.29 is 13.9 Å². The van der Waals surface area contributed by atoms with Crippen molar-refractivity contribution >= 4 is 45.0 Å². The lowest BCUT2D eigenvalue weighted by Crippen LogP contribution is -2.29. The van der Waals surface area contributed by atoms with E-state index >= 15 is 4.39 Å². The average Bonchev–Trinajstić information content (AvgIpc) is 3.25. The molecule has 0 saturated heterocycles. The molecule has 3 heterocycles. The van der Waals surface area contributed by atoms with Gasteiger partial charge in [0.25, 0.3) is 11.4 Å². The molecule has 0 spiro atoms. The SMILES string of the molecule is CNc1c(-c2ccc3nn(C)cc3c2)c(=O)n(-c2ccc(Cl)cc2)c2nc(OCC3CC(=O)C3)c(F)cc12. The third-order valence-corrected chi connectivity index (χ3v) is 7.05. The third-order valence-electron chi connectivity index (χ3n) is 6.80. The van der Waals surface area contributed by atoms with E-state index in [0.29, 0.717) is 45.8 Å². The quantitative estimate of drug-likeness (QED) is 0.326. The van der Waals surface area contributed by atoms with E-state index in [9.17, 15) is 9.59 Å². The van der Waals surface area contributed by atoms with Crippen LogP contribution in [0.1, 0.15) is 12.8 Å². The second-order valence-electron chi connectivity index (χ2n) is 9.46. The van der Waals surface area contributed by atoms with E-state index < -0.39 is 5.82 Å². The number of nitrogens with one attached hydrogen (secondary N) is 1. The van der Waals surface area contributed by atoms with Crippen LogP contribution in [0.3, 0.4) is 0 Å². The highest BCUT2D eigenvalue weighted by Crippen LogP contribution is 2.36. The second-order valence-corrected chi connectivity index (χ2v) is 9.90. The largest absolute Gasteiger partial charge is 0.475 e. The maximum Gasteiger partial charge on any atom is 0.266 e. The molecule has 0 amide bonds. The fraction of sp³-hybridized carbons (Fsp3) is 0.214. The van der Waals surface area contributed by atoms with E-state index in [1.54, 1.807) is 36.0 Å². The molecular weight excluding hydrogens is 509 g/mol. The summed E-state index contributed by atoms with van der Waals surface area (Å²) in [4.78, 5) is 30.0. The number of Topliss-reactive ketones (excluding diaryl/α,β-unsaturated/α-hetero) is 1. The van der Waals surface area contributed by atoms with Gasteiger partial charge in [0.1, 0.15) is 5.78 Å². The highest BCUT2D eigenvalue weighted by molar-refractivity contribution is 6.30. The molecule has 8 nitrogen and oxygen atoms in total. The summed E-state index contributed by atoms with van der Waals surface area (Å²) in [6, 6.07) is 13.7. The summed E-state index contributed by atoms with van der Waals surface area (Å²) in [6.45, 7) is 0.175. The lowest BCUT2D eigenvalue weighted by atomic mass is 9.85. The number of rotatable bonds is 6. The number of carbonyl (C=O) groups excluding carboxylic acids is 1. The fourth-order valence-corrected chi connectivity index (χ4v) is 5.05. The third kappa shape index (κ3) is 4.09. The monoisotopic (exact) mass is 531 g/mol. The molecule has 0 atom stereocenters. The summed E-state index contributed by atoms with van der Waals surface area (Å²) < 4.78 is 24.1. The summed E-state index contributed by atoms with van der Waals surface area (Å²) >= 11 is 6.12. The van der Waals surface area contributed by atoms with Gasteiger partial charge in [0.2, 0.25) is 0 Å². The Morgan fingerprint density at radius 2 is 1.89 bits per heavy atom. The number of anilines is 1.